The van der Waals surface area contributed by atoms with Crippen molar-refractivity contribution in [2.75, 3.05) is 24.5 Å². The quantitative estimate of drug-likeness (QED) is 0.229. The molecule has 0 aliphatic rings. The molecule has 0 aliphatic carbocycles. The van der Waals surface area contributed by atoms with Crippen LogP contribution in [0.4, 0.5) is 5.69 Å². The normalized spacial score (nSPS) is 12.0. The fourth-order valence-electron chi connectivity index (χ4n) is 4.54. The van der Waals surface area contributed by atoms with Crippen molar-refractivity contribution in [1.82, 2.24) is 10.2 Å². The standard InChI is InChI=1S/C32H40ClN3O5S/c1-6-8-18-34-32(38)30(7-2)35(21-25-10-9-11-28(20-25)41-5)31(37)22-36(27-15-12-23(3)24(4)19-27)42(39,40)29-16-13-26(33)14-17-29/h9-17,19-20,30H,6-8,18,21-22H2,1-5H3,(H,34,38). The van der Waals surface area contributed by atoms with Gasteiger partial charge in [-0.05, 0) is 91.9 Å². The number of carbonyl (C=O) groups excluding carboxylic acids is 2. The first-order chi connectivity index (χ1) is 20.0. The van der Waals surface area contributed by atoms with Crippen LogP contribution in [-0.4, -0.2) is 51.4 Å². The molecule has 0 saturated carbocycles. The van der Waals surface area contributed by atoms with Crippen LogP contribution in [0.25, 0.3) is 0 Å². The molecule has 1 N–H and O–H groups in total. The molecule has 0 spiro atoms. The zero-order chi connectivity index (χ0) is 30.9. The van der Waals surface area contributed by atoms with E-state index in [9.17, 15) is 18.0 Å². The van der Waals surface area contributed by atoms with Crippen molar-refractivity contribution in [2.45, 2.75) is 64.4 Å². The molecule has 0 saturated heterocycles. The summed E-state index contributed by atoms with van der Waals surface area (Å²) in [4.78, 5) is 29.0. The highest BCUT2D eigenvalue weighted by molar-refractivity contribution is 7.92. The summed E-state index contributed by atoms with van der Waals surface area (Å²) >= 11 is 6.03. The van der Waals surface area contributed by atoms with Gasteiger partial charge in [-0.2, -0.15) is 0 Å². The molecular weight excluding hydrogens is 574 g/mol. The molecule has 0 heterocycles. The van der Waals surface area contributed by atoms with Crippen molar-refractivity contribution < 1.29 is 22.7 Å². The number of nitrogens with zero attached hydrogens (tertiary/aromatic N) is 2. The van der Waals surface area contributed by atoms with E-state index in [1.54, 1.807) is 31.4 Å². The van der Waals surface area contributed by atoms with Gasteiger partial charge >= 0.3 is 0 Å². The molecule has 3 aromatic carbocycles. The fraction of sp³-hybridized carbons (Fsp3) is 0.375. The highest BCUT2D eigenvalue weighted by Crippen LogP contribution is 2.27. The third-order valence-corrected chi connectivity index (χ3v) is 9.20. The predicted octanol–water partition coefficient (Wildman–Crippen LogP) is 5.88. The Kier molecular flexibility index (Phi) is 11.8. The third kappa shape index (κ3) is 8.26. The number of aryl methyl sites for hydroxylation is 2. The molecule has 0 fully saturated rings. The monoisotopic (exact) mass is 613 g/mol. The zero-order valence-corrected chi connectivity index (χ0v) is 26.5. The summed E-state index contributed by atoms with van der Waals surface area (Å²) in [6.07, 6.45) is 2.07. The maximum atomic E-state index is 14.2. The Bertz CT molecular complexity index is 1480. The maximum Gasteiger partial charge on any atom is 0.264 e. The van der Waals surface area contributed by atoms with Crippen LogP contribution in [0, 0.1) is 13.8 Å². The molecule has 10 heteroatoms. The number of rotatable bonds is 14. The van der Waals surface area contributed by atoms with Crippen molar-refractivity contribution in [3.8, 4) is 5.75 Å². The van der Waals surface area contributed by atoms with Crippen molar-refractivity contribution in [1.29, 1.82) is 0 Å². The third-order valence-electron chi connectivity index (χ3n) is 7.16. The van der Waals surface area contributed by atoms with Crippen LogP contribution in [0.5, 0.6) is 5.75 Å². The van der Waals surface area contributed by atoms with Crippen LogP contribution < -0.4 is 14.4 Å². The molecule has 3 aromatic rings. The van der Waals surface area contributed by atoms with E-state index in [4.69, 9.17) is 16.3 Å². The lowest BCUT2D eigenvalue weighted by molar-refractivity contribution is -0.140. The highest BCUT2D eigenvalue weighted by Gasteiger charge is 2.33. The van der Waals surface area contributed by atoms with Gasteiger partial charge in [0.05, 0.1) is 17.7 Å². The van der Waals surface area contributed by atoms with E-state index in [-0.39, 0.29) is 17.3 Å². The summed E-state index contributed by atoms with van der Waals surface area (Å²) in [5, 5.41) is 3.33. The van der Waals surface area contributed by atoms with E-state index >= 15 is 0 Å². The minimum Gasteiger partial charge on any atom is -0.497 e. The Morgan fingerprint density at radius 2 is 1.69 bits per heavy atom. The lowest BCUT2D eigenvalue weighted by Crippen LogP contribution is -2.52. The Morgan fingerprint density at radius 1 is 0.976 bits per heavy atom. The number of hydrogen-bond donors (Lipinski definition) is 1. The number of benzene rings is 3. The topological polar surface area (TPSA) is 96.0 Å². The van der Waals surface area contributed by atoms with E-state index in [2.05, 4.69) is 5.32 Å². The fourth-order valence-corrected chi connectivity index (χ4v) is 6.07. The molecule has 1 unspecified atom stereocenters. The summed E-state index contributed by atoms with van der Waals surface area (Å²) < 4.78 is 34.5. The van der Waals surface area contributed by atoms with E-state index in [1.165, 1.54) is 29.2 Å². The summed E-state index contributed by atoms with van der Waals surface area (Å²) in [6, 6.07) is 17.5. The van der Waals surface area contributed by atoms with Gasteiger partial charge in [-0.15, -0.1) is 0 Å². The number of hydrogen-bond acceptors (Lipinski definition) is 5. The molecular formula is C32H40ClN3O5S. The molecule has 0 aromatic heterocycles. The first kappa shape index (κ1) is 32.9. The van der Waals surface area contributed by atoms with Crippen LogP contribution in [0.3, 0.4) is 0 Å². The average molecular weight is 614 g/mol. The van der Waals surface area contributed by atoms with E-state index in [0.29, 0.717) is 29.4 Å². The molecule has 226 valence electrons. The summed E-state index contributed by atoms with van der Waals surface area (Å²) in [7, 11) is -2.62. The van der Waals surface area contributed by atoms with Crippen LogP contribution in [0.1, 0.15) is 49.8 Å². The minimum atomic E-state index is -4.18. The van der Waals surface area contributed by atoms with Gasteiger partial charge in [0.2, 0.25) is 11.8 Å². The van der Waals surface area contributed by atoms with Crippen molar-refractivity contribution in [3.05, 3.63) is 88.4 Å². The van der Waals surface area contributed by atoms with Gasteiger partial charge in [0, 0.05) is 18.1 Å². The van der Waals surface area contributed by atoms with Gasteiger partial charge < -0.3 is 15.0 Å². The summed E-state index contributed by atoms with van der Waals surface area (Å²) in [6.45, 7) is 7.77. The molecule has 1 atom stereocenters. The van der Waals surface area contributed by atoms with E-state index in [0.717, 1.165) is 33.8 Å². The second-order valence-electron chi connectivity index (χ2n) is 10.2. The molecule has 42 heavy (non-hydrogen) atoms. The first-order valence-corrected chi connectivity index (χ1v) is 15.9. The Hall–Kier alpha value is -3.56. The van der Waals surface area contributed by atoms with Crippen molar-refractivity contribution in [3.63, 3.8) is 0 Å². The Labute approximate surface area is 254 Å². The zero-order valence-electron chi connectivity index (χ0n) is 24.9. The van der Waals surface area contributed by atoms with Gasteiger partial charge in [0.25, 0.3) is 10.0 Å². The predicted molar refractivity (Wildman–Crippen MR) is 167 cm³/mol. The van der Waals surface area contributed by atoms with Crippen LogP contribution in [0.15, 0.2) is 71.6 Å². The number of halogens is 1. The van der Waals surface area contributed by atoms with Gasteiger partial charge in [-0.1, -0.05) is 50.1 Å². The van der Waals surface area contributed by atoms with Crippen LogP contribution >= 0.6 is 11.6 Å². The summed E-state index contributed by atoms with van der Waals surface area (Å²) in [5.74, 6) is -0.172. The number of amides is 2. The Morgan fingerprint density at radius 3 is 2.31 bits per heavy atom. The van der Waals surface area contributed by atoms with Crippen LogP contribution in [0.2, 0.25) is 5.02 Å². The maximum absolute atomic E-state index is 14.2. The minimum absolute atomic E-state index is 0.00150. The number of carbonyl (C=O) groups is 2. The van der Waals surface area contributed by atoms with E-state index < -0.39 is 28.5 Å². The van der Waals surface area contributed by atoms with Crippen molar-refractivity contribution in [2.24, 2.45) is 0 Å². The van der Waals surface area contributed by atoms with Gasteiger partial charge in [0.15, 0.2) is 0 Å². The van der Waals surface area contributed by atoms with Gasteiger partial charge in [-0.3, -0.25) is 13.9 Å². The molecule has 8 nitrogen and oxygen atoms in total. The van der Waals surface area contributed by atoms with Crippen molar-refractivity contribution >= 4 is 39.1 Å². The molecule has 2 amide bonds. The highest BCUT2D eigenvalue weighted by atomic mass is 35.5. The molecule has 0 bridgehead atoms. The molecule has 0 radical (unpaired) electrons. The van der Waals surface area contributed by atoms with Gasteiger partial charge in [-0.25, -0.2) is 8.42 Å². The van der Waals surface area contributed by atoms with Gasteiger partial charge in [0.1, 0.15) is 18.3 Å². The average Bonchev–Trinajstić information content (AvgIpc) is 2.97. The smallest absolute Gasteiger partial charge is 0.264 e. The lowest BCUT2D eigenvalue weighted by atomic mass is 10.1. The lowest BCUT2D eigenvalue weighted by Gasteiger charge is -2.33. The van der Waals surface area contributed by atoms with Crippen LogP contribution in [-0.2, 0) is 26.2 Å². The number of methoxy groups -OCH3 is 1. The molecule has 0 aliphatic heterocycles. The number of sulfonamides is 1. The number of nitrogens with one attached hydrogen (secondary N) is 1. The number of unbranched alkanes of at least 4 members (excludes halogenated alkanes) is 1. The second kappa shape index (κ2) is 15.1. The largest absolute Gasteiger partial charge is 0.497 e. The SMILES string of the molecule is CCCCNC(=O)C(CC)N(Cc1cccc(OC)c1)C(=O)CN(c1ccc(C)c(C)c1)S(=O)(=O)c1ccc(Cl)cc1. The first-order valence-electron chi connectivity index (χ1n) is 14.1. The number of ether oxygens (including phenoxy) is 1. The van der Waals surface area contributed by atoms with E-state index in [1.807, 2.05) is 45.9 Å². The number of anilines is 1. The summed E-state index contributed by atoms with van der Waals surface area (Å²) in [5.41, 5.74) is 2.97. The second-order valence-corrected chi connectivity index (χ2v) is 12.5. The Balaban J connectivity index is 2.07. The molecule has 3 rings (SSSR count).